The number of nitrogens with zero attached hydrogens (tertiary/aromatic N) is 3. The Morgan fingerprint density at radius 1 is 1.20 bits per heavy atom. The molecule has 0 unspecified atom stereocenters. The number of rotatable bonds is 8. The van der Waals surface area contributed by atoms with Crippen LogP contribution in [0.3, 0.4) is 0 Å². The predicted molar refractivity (Wildman–Crippen MR) is 116 cm³/mol. The summed E-state index contributed by atoms with van der Waals surface area (Å²) in [6, 6.07) is 7.94. The minimum Gasteiger partial charge on any atom is -0.356 e. The summed E-state index contributed by atoms with van der Waals surface area (Å²) >= 11 is 6.17. The van der Waals surface area contributed by atoms with Crippen LogP contribution in [0.4, 0.5) is 0 Å². The monoisotopic (exact) mass is 475 g/mol. The second kappa shape index (κ2) is 12.1. The average molecular weight is 476 g/mol. The first-order valence-corrected chi connectivity index (χ1v) is 8.74. The Morgan fingerprint density at radius 2 is 1.96 bits per heavy atom. The molecule has 0 atom stereocenters. The zero-order chi connectivity index (χ0) is 17.2. The van der Waals surface area contributed by atoms with Gasteiger partial charge in [0.15, 0.2) is 5.96 Å². The maximum Gasteiger partial charge on any atom is 0.190 e. The molecular formula is C18H27ClIN5. The van der Waals surface area contributed by atoms with E-state index in [-0.39, 0.29) is 24.0 Å². The Morgan fingerprint density at radius 3 is 2.64 bits per heavy atom. The topological polar surface area (TPSA) is 54.2 Å². The van der Waals surface area contributed by atoms with Gasteiger partial charge >= 0.3 is 0 Å². The molecule has 0 saturated carbocycles. The molecule has 0 aliphatic heterocycles. The molecule has 0 fully saturated rings. The third kappa shape index (κ3) is 7.64. The molecule has 2 rings (SSSR count). The van der Waals surface area contributed by atoms with Crippen LogP contribution < -0.4 is 10.6 Å². The fourth-order valence-corrected chi connectivity index (χ4v) is 2.72. The van der Waals surface area contributed by atoms with Gasteiger partial charge in [0.05, 0.1) is 0 Å². The molecule has 0 radical (unpaired) electrons. The van der Waals surface area contributed by atoms with Gasteiger partial charge in [-0.2, -0.15) is 0 Å². The molecule has 0 bridgehead atoms. The standard InChI is InChI=1S/C18H26ClN5.HI/c1-15-21-12-14-24(15)13-6-5-10-22-18(20-2)23-11-9-16-7-3-4-8-17(16)19;/h3-4,7-8,12,14H,5-6,9-11,13H2,1-2H3,(H2,20,22,23);1H. The number of aromatic nitrogens is 2. The molecule has 0 saturated heterocycles. The first-order chi connectivity index (χ1) is 11.7. The number of unbranched alkanes of at least 4 members (excludes halogenated alkanes) is 1. The van der Waals surface area contributed by atoms with E-state index in [0.29, 0.717) is 0 Å². The normalized spacial score (nSPS) is 11.1. The number of guanidine groups is 1. The molecule has 0 spiro atoms. The molecule has 2 aromatic rings. The lowest BCUT2D eigenvalue weighted by Gasteiger charge is -2.12. The maximum atomic E-state index is 6.17. The molecule has 2 N–H and O–H groups in total. The first kappa shape index (κ1) is 21.8. The van der Waals surface area contributed by atoms with E-state index in [0.717, 1.165) is 61.3 Å². The van der Waals surface area contributed by atoms with Gasteiger partial charge < -0.3 is 15.2 Å². The van der Waals surface area contributed by atoms with Gasteiger partial charge in [-0.05, 0) is 37.8 Å². The van der Waals surface area contributed by atoms with Crippen molar-refractivity contribution >= 4 is 41.5 Å². The molecule has 7 heteroatoms. The summed E-state index contributed by atoms with van der Waals surface area (Å²) < 4.78 is 2.18. The molecule has 5 nitrogen and oxygen atoms in total. The fourth-order valence-electron chi connectivity index (χ4n) is 2.49. The van der Waals surface area contributed by atoms with Crippen molar-refractivity contribution < 1.29 is 0 Å². The van der Waals surface area contributed by atoms with Crippen LogP contribution in [-0.2, 0) is 13.0 Å². The van der Waals surface area contributed by atoms with Crippen molar-refractivity contribution in [2.45, 2.75) is 32.7 Å². The number of hydrogen-bond donors (Lipinski definition) is 2. The van der Waals surface area contributed by atoms with Crippen LogP contribution >= 0.6 is 35.6 Å². The van der Waals surface area contributed by atoms with E-state index in [1.54, 1.807) is 7.05 Å². The number of aryl methyl sites for hydroxylation is 2. The number of halogens is 2. The number of hydrogen-bond acceptors (Lipinski definition) is 2. The molecular weight excluding hydrogens is 449 g/mol. The maximum absolute atomic E-state index is 6.17. The molecule has 1 aromatic carbocycles. The third-order valence-electron chi connectivity index (χ3n) is 3.91. The van der Waals surface area contributed by atoms with Crippen molar-refractivity contribution in [3.8, 4) is 0 Å². The molecule has 0 aliphatic carbocycles. The summed E-state index contributed by atoms with van der Waals surface area (Å²) in [6.07, 6.45) is 6.94. The summed E-state index contributed by atoms with van der Waals surface area (Å²) in [4.78, 5) is 8.48. The highest BCUT2D eigenvalue weighted by Gasteiger charge is 2.01. The first-order valence-electron chi connectivity index (χ1n) is 8.36. The quantitative estimate of drug-likeness (QED) is 0.265. The molecule has 0 aliphatic rings. The van der Waals surface area contributed by atoms with E-state index in [9.17, 15) is 0 Å². The van der Waals surface area contributed by atoms with E-state index >= 15 is 0 Å². The SMILES string of the molecule is CN=C(NCCCCn1ccnc1C)NCCc1ccccc1Cl.I. The van der Waals surface area contributed by atoms with Crippen LogP contribution in [0, 0.1) is 6.92 Å². The Kier molecular flexibility index (Phi) is 10.6. The van der Waals surface area contributed by atoms with Crippen LogP contribution in [0.15, 0.2) is 41.7 Å². The van der Waals surface area contributed by atoms with E-state index in [1.807, 2.05) is 37.5 Å². The Labute approximate surface area is 172 Å². The zero-order valence-electron chi connectivity index (χ0n) is 14.8. The Hall–Kier alpha value is -1.28. The lowest BCUT2D eigenvalue weighted by atomic mass is 10.1. The summed E-state index contributed by atoms with van der Waals surface area (Å²) in [5, 5.41) is 7.49. The van der Waals surface area contributed by atoms with Crippen molar-refractivity contribution in [1.82, 2.24) is 20.2 Å². The molecule has 0 amide bonds. The average Bonchev–Trinajstić information content (AvgIpc) is 2.99. The van der Waals surface area contributed by atoms with Crippen molar-refractivity contribution in [3.63, 3.8) is 0 Å². The second-order valence-corrected chi connectivity index (χ2v) is 6.05. The molecule has 1 aromatic heterocycles. The highest BCUT2D eigenvalue weighted by molar-refractivity contribution is 14.0. The number of imidazole rings is 1. The van der Waals surface area contributed by atoms with Crippen LogP contribution in [0.5, 0.6) is 0 Å². The number of nitrogens with one attached hydrogen (secondary N) is 2. The predicted octanol–water partition coefficient (Wildman–Crippen LogP) is 3.65. The van der Waals surface area contributed by atoms with E-state index in [2.05, 4.69) is 31.2 Å². The lowest BCUT2D eigenvalue weighted by molar-refractivity contribution is 0.588. The van der Waals surface area contributed by atoms with Gasteiger partial charge in [-0.1, -0.05) is 29.8 Å². The van der Waals surface area contributed by atoms with Crippen LogP contribution in [0.25, 0.3) is 0 Å². The van der Waals surface area contributed by atoms with Gasteiger partial charge in [-0.3, -0.25) is 4.99 Å². The van der Waals surface area contributed by atoms with Crippen LogP contribution in [0.1, 0.15) is 24.2 Å². The largest absolute Gasteiger partial charge is 0.356 e. The number of aliphatic imine (C=N–C) groups is 1. The summed E-state index contributed by atoms with van der Waals surface area (Å²) in [5.74, 6) is 1.90. The summed E-state index contributed by atoms with van der Waals surface area (Å²) in [5.41, 5.74) is 1.15. The van der Waals surface area contributed by atoms with Gasteiger partial charge in [0.1, 0.15) is 5.82 Å². The highest BCUT2D eigenvalue weighted by Crippen LogP contribution is 2.14. The van der Waals surface area contributed by atoms with Crippen molar-refractivity contribution in [3.05, 3.63) is 53.1 Å². The van der Waals surface area contributed by atoms with E-state index in [1.165, 1.54) is 0 Å². The van der Waals surface area contributed by atoms with Crippen LogP contribution in [0.2, 0.25) is 5.02 Å². The van der Waals surface area contributed by atoms with Gasteiger partial charge in [0.25, 0.3) is 0 Å². The summed E-state index contributed by atoms with van der Waals surface area (Å²) in [6.45, 7) is 4.74. The van der Waals surface area contributed by atoms with Gasteiger partial charge in [-0.15, -0.1) is 24.0 Å². The summed E-state index contributed by atoms with van der Waals surface area (Å²) in [7, 11) is 1.79. The van der Waals surface area contributed by atoms with Gasteiger partial charge in [0.2, 0.25) is 0 Å². The minimum absolute atomic E-state index is 0. The fraction of sp³-hybridized carbons (Fsp3) is 0.444. The lowest BCUT2D eigenvalue weighted by Crippen LogP contribution is -2.38. The van der Waals surface area contributed by atoms with Crippen molar-refractivity contribution in [2.24, 2.45) is 4.99 Å². The molecule has 138 valence electrons. The Bertz CT molecular complexity index is 656. The van der Waals surface area contributed by atoms with E-state index in [4.69, 9.17) is 11.6 Å². The third-order valence-corrected chi connectivity index (χ3v) is 4.28. The second-order valence-electron chi connectivity index (χ2n) is 5.64. The van der Waals surface area contributed by atoms with Gasteiger partial charge in [0, 0.05) is 44.1 Å². The van der Waals surface area contributed by atoms with Crippen molar-refractivity contribution in [1.29, 1.82) is 0 Å². The zero-order valence-corrected chi connectivity index (χ0v) is 17.9. The Balaban J connectivity index is 0.00000312. The molecule has 25 heavy (non-hydrogen) atoms. The van der Waals surface area contributed by atoms with Gasteiger partial charge in [-0.25, -0.2) is 4.98 Å². The van der Waals surface area contributed by atoms with Crippen molar-refractivity contribution in [2.75, 3.05) is 20.1 Å². The molecule has 1 heterocycles. The van der Waals surface area contributed by atoms with E-state index < -0.39 is 0 Å². The minimum atomic E-state index is 0. The smallest absolute Gasteiger partial charge is 0.190 e. The highest BCUT2D eigenvalue weighted by atomic mass is 127. The van der Waals surface area contributed by atoms with Crippen LogP contribution in [-0.4, -0.2) is 35.6 Å². The number of benzene rings is 1.